The maximum Gasteiger partial charge on any atom is 0.281 e. The molecule has 30 heavy (non-hydrogen) atoms. The van der Waals surface area contributed by atoms with Crippen LogP contribution in [0, 0.1) is 6.92 Å². The van der Waals surface area contributed by atoms with Gasteiger partial charge in [-0.15, -0.1) is 0 Å². The number of benzene rings is 3. The summed E-state index contributed by atoms with van der Waals surface area (Å²) >= 11 is 0. The normalized spacial score (nSPS) is 11.8. The summed E-state index contributed by atoms with van der Waals surface area (Å²) in [5.74, 6) is -0.617. The summed E-state index contributed by atoms with van der Waals surface area (Å²) in [6.07, 6.45) is 1.63. The van der Waals surface area contributed by atoms with Crippen molar-refractivity contribution in [3.05, 3.63) is 107 Å². The Balaban J connectivity index is 1.67. The Morgan fingerprint density at radius 1 is 0.933 bits per heavy atom. The summed E-state index contributed by atoms with van der Waals surface area (Å²) in [6, 6.07) is 25.8. The molecule has 2 N–H and O–H groups in total. The van der Waals surface area contributed by atoms with Gasteiger partial charge in [-0.3, -0.25) is 4.79 Å². The van der Waals surface area contributed by atoms with E-state index in [1.807, 2.05) is 50.4 Å². The number of carbonyl (C=O) groups is 1. The van der Waals surface area contributed by atoms with E-state index < -0.39 is 11.5 Å². The van der Waals surface area contributed by atoms with Crippen molar-refractivity contribution < 1.29 is 9.90 Å². The molecule has 3 aromatic carbocycles. The average Bonchev–Trinajstić information content (AvgIpc) is 3.04. The van der Waals surface area contributed by atoms with E-state index in [0.717, 1.165) is 22.2 Å². The third-order valence-corrected chi connectivity index (χ3v) is 5.52. The fourth-order valence-electron chi connectivity index (χ4n) is 3.74. The highest BCUT2D eigenvalue weighted by Crippen LogP contribution is 2.30. The number of aryl methyl sites for hydroxylation is 1. The first-order valence-corrected chi connectivity index (χ1v) is 9.74. The van der Waals surface area contributed by atoms with Crippen molar-refractivity contribution in [3.8, 4) is 0 Å². The van der Waals surface area contributed by atoms with Crippen molar-refractivity contribution in [2.24, 2.45) is 12.1 Å². The molecule has 0 saturated carbocycles. The summed E-state index contributed by atoms with van der Waals surface area (Å²) in [7, 11) is 2.00. The Labute approximate surface area is 175 Å². The molecule has 150 valence electrons. The maximum absolute atomic E-state index is 13.1. The van der Waals surface area contributed by atoms with Crippen LogP contribution >= 0.6 is 0 Å². The SMILES string of the molecule is Cc1c(C=NNC(=O)C(O)(c2ccccc2)c2ccccc2)c2ccccc2n1C. The first-order chi connectivity index (χ1) is 14.5. The number of rotatable bonds is 5. The lowest BCUT2D eigenvalue weighted by Gasteiger charge is -2.27. The lowest BCUT2D eigenvalue weighted by Crippen LogP contribution is -2.43. The number of hydrogen-bond acceptors (Lipinski definition) is 3. The second-order valence-electron chi connectivity index (χ2n) is 7.22. The van der Waals surface area contributed by atoms with Crippen LogP contribution < -0.4 is 5.43 Å². The summed E-state index contributed by atoms with van der Waals surface area (Å²) in [4.78, 5) is 13.1. The standard InChI is InChI=1S/C25H23N3O2/c1-18-22(21-15-9-10-16-23(21)28(18)2)17-26-27-24(29)25(30,19-11-5-3-6-12-19)20-13-7-4-8-14-20/h3-17,30H,1-2H3,(H,27,29). The molecule has 0 radical (unpaired) electrons. The van der Waals surface area contributed by atoms with Gasteiger partial charge in [0, 0.05) is 29.2 Å². The molecule has 5 heteroatoms. The van der Waals surface area contributed by atoms with Crippen LogP contribution in [0.4, 0.5) is 0 Å². The largest absolute Gasteiger partial charge is 0.372 e. The Hall–Kier alpha value is -3.70. The van der Waals surface area contributed by atoms with Crippen molar-refractivity contribution in [2.45, 2.75) is 12.5 Å². The highest BCUT2D eigenvalue weighted by atomic mass is 16.3. The van der Waals surface area contributed by atoms with Gasteiger partial charge < -0.3 is 9.67 Å². The Kier molecular flexibility index (Phi) is 5.21. The molecule has 0 bridgehead atoms. The predicted molar refractivity (Wildman–Crippen MR) is 119 cm³/mol. The number of nitrogens with zero attached hydrogens (tertiary/aromatic N) is 2. The summed E-state index contributed by atoms with van der Waals surface area (Å²) < 4.78 is 2.09. The minimum absolute atomic E-state index is 0.477. The van der Waals surface area contributed by atoms with Crippen LogP contribution in [0.15, 0.2) is 90.0 Å². The zero-order chi connectivity index (χ0) is 21.1. The third-order valence-electron chi connectivity index (χ3n) is 5.52. The van der Waals surface area contributed by atoms with Gasteiger partial charge in [0.25, 0.3) is 5.91 Å². The van der Waals surface area contributed by atoms with Gasteiger partial charge in [-0.1, -0.05) is 78.9 Å². The monoisotopic (exact) mass is 397 g/mol. The van der Waals surface area contributed by atoms with Gasteiger partial charge in [-0.05, 0) is 24.1 Å². The number of aliphatic hydroxyl groups is 1. The number of para-hydroxylation sites is 1. The van der Waals surface area contributed by atoms with Crippen LogP contribution in [-0.4, -0.2) is 21.8 Å². The van der Waals surface area contributed by atoms with Crippen LogP contribution in [-0.2, 0) is 17.4 Å². The van der Waals surface area contributed by atoms with Gasteiger partial charge in [0.2, 0.25) is 0 Å². The number of hydrazone groups is 1. The summed E-state index contributed by atoms with van der Waals surface area (Å²) in [6.45, 7) is 2.01. The molecule has 5 nitrogen and oxygen atoms in total. The Morgan fingerprint density at radius 3 is 2.07 bits per heavy atom. The van der Waals surface area contributed by atoms with Crippen LogP contribution in [0.1, 0.15) is 22.4 Å². The van der Waals surface area contributed by atoms with Gasteiger partial charge in [0.05, 0.1) is 6.21 Å². The molecule has 0 unspecified atom stereocenters. The molecule has 0 aliphatic carbocycles. The lowest BCUT2D eigenvalue weighted by molar-refractivity contribution is -0.136. The molecule has 0 atom stereocenters. The van der Waals surface area contributed by atoms with Crippen molar-refractivity contribution in [3.63, 3.8) is 0 Å². The molecule has 1 amide bonds. The van der Waals surface area contributed by atoms with Gasteiger partial charge in [0.1, 0.15) is 0 Å². The molecular weight excluding hydrogens is 374 g/mol. The highest BCUT2D eigenvalue weighted by Gasteiger charge is 2.39. The topological polar surface area (TPSA) is 66.6 Å². The maximum atomic E-state index is 13.1. The molecule has 4 aromatic rings. The van der Waals surface area contributed by atoms with Gasteiger partial charge in [-0.25, -0.2) is 5.43 Å². The zero-order valence-corrected chi connectivity index (χ0v) is 16.9. The van der Waals surface area contributed by atoms with Crippen molar-refractivity contribution >= 4 is 23.0 Å². The number of hydrogen-bond donors (Lipinski definition) is 2. The minimum Gasteiger partial charge on any atom is -0.372 e. The van der Waals surface area contributed by atoms with Crippen molar-refractivity contribution in [1.29, 1.82) is 0 Å². The molecule has 0 spiro atoms. The summed E-state index contributed by atoms with van der Waals surface area (Å²) in [5, 5.41) is 16.7. The summed E-state index contributed by atoms with van der Waals surface area (Å²) in [5.41, 5.74) is 4.70. The highest BCUT2D eigenvalue weighted by molar-refractivity contribution is 6.01. The smallest absolute Gasteiger partial charge is 0.281 e. The van der Waals surface area contributed by atoms with Crippen molar-refractivity contribution in [2.75, 3.05) is 0 Å². The third kappa shape index (κ3) is 3.29. The number of nitrogens with one attached hydrogen (secondary N) is 1. The van der Waals surface area contributed by atoms with Gasteiger partial charge in [-0.2, -0.15) is 5.10 Å². The average molecular weight is 397 g/mol. The van der Waals surface area contributed by atoms with E-state index in [0.29, 0.717) is 11.1 Å². The second kappa shape index (κ2) is 7.97. The van der Waals surface area contributed by atoms with E-state index in [4.69, 9.17) is 0 Å². The molecule has 0 aliphatic heterocycles. The lowest BCUT2D eigenvalue weighted by atomic mass is 9.85. The molecule has 0 aliphatic rings. The zero-order valence-electron chi connectivity index (χ0n) is 16.9. The number of fused-ring (bicyclic) bond motifs is 1. The van der Waals surface area contributed by atoms with Crippen LogP contribution in [0.2, 0.25) is 0 Å². The van der Waals surface area contributed by atoms with E-state index >= 15 is 0 Å². The van der Waals surface area contributed by atoms with E-state index in [1.165, 1.54) is 0 Å². The predicted octanol–water partition coefficient (Wildman–Crippen LogP) is 3.87. The van der Waals surface area contributed by atoms with Crippen LogP contribution in [0.25, 0.3) is 10.9 Å². The number of carbonyl (C=O) groups excluding carboxylic acids is 1. The fraction of sp³-hybridized carbons (Fsp3) is 0.120. The fourth-order valence-corrected chi connectivity index (χ4v) is 3.74. The molecule has 1 aromatic heterocycles. The molecule has 0 saturated heterocycles. The van der Waals surface area contributed by atoms with E-state index in [2.05, 4.69) is 15.1 Å². The number of amides is 1. The Morgan fingerprint density at radius 2 is 1.47 bits per heavy atom. The molecule has 0 fully saturated rings. The van der Waals surface area contributed by atoms with E-state index in [1.54, 1.807) is 54.7 Å². The van der Waals surface area contributed by atoms with Crippen LogP contribution in [0.3, 0.4) is 0 Å². The van der Waals surface area contributed by atoms with E-state index in [-0.39, 0.29) is 0 Å². The first kappa shape index (κ1) is 19.6. The minimum atomic E-state index is -1.85. The molecule has 1 heterocycles. The quantitative estimate of drug-likeness (QED) is 0.397. The van der Waals surface area contributed by atoms with Gasteiger partial charge in [0.15, 0.2) is 5.60 Å². The number of aromatic nitrogens is 1. The van der Waals surface area contributed by atoms with Crippen LogP contribution in [0.5, 0.6) is 0 Å². The first-order valence-electron chi connectivity index (χ1n) is 9.74. The molecule has 4 rings (SSSR count). The van der Waals surface area contributed by atoms with Gasteiger partial charge >= 0.3 is 0 Å². The Bertz CT molecular complexity index is 1170. The van der Waals surface area contributed by atoms with E-state index in [9.17, 15) is 9.90 Å². The van der Waals surface area contributed by atoms with Crippen molar-refractivity contribution in [1.82, 2.24) is 9.99 Å². The second-order valence-corrected chi connectivity index (χ2v) is 7.22. The molecular formula is C25H23N3O2.